The third-order valence-electron chi connectivity index (χ3n) is 4.02. The molecule has 3 rings (SSSR count). The van der Waals surface area contributed by atoms with E-state index >= 15 is 0 Å². The lowest BCUT2D eigenvalue weighted by molar-refractivity contribution is 0.808. The third-order valence-corrected chi connectivity index (χ3v) is 4.02. The van der Waals surface area contributed by atoms with Gasteiger partial charge in [0.1, 0.15) is 0 Å². The summed E-state index contributed by atoms with van der Waals surface area (Å²) in [5, 5.41) is 3.23. The van der Waals surface area contributed by atoms with Crippen LogP contribution in [0.3, 0.4) is 0 Å². The van der Waals surface area contributed by atoms with Crippen molar-refractivity contribution in [2.24, 2.45) is 0 Å². The molecule has 22 heavy (non-hydrogen) atoms. The van der Waals surface area contributed by atoms with Crippen LogP contribution in [0.2, 0.25) is 0 Å². The fourth-order valence-electron chi connectivity index (χ4n) is 3.00. The summed E-state index contributed by atoms with van der Waals surface area (Å²) in [6.45, 7) is 1.02. The predicted octanol–water partition coefficient (Wildman–Crippen LogP) is 4.84. The Morgan fingerprint density at radius 1 is 0.909 bits per heavy atom. The second-order valence-electron chi connectivity index (χ2n) is 5.32. The summed E-state index contributed by atoms with van der Waals surface area (Å²) in [6.07, 6.45) is 5.72. The van der Waals surface area contributed by atoms with Crippen LogP contribution in [0.15, 0.2) is 54.6 Å². The Kier molecular flexibility index (Phi) is 6.88. The fourth-order valence-corrected chi connectivity index (χ4v) is 3.00. The van der Waals surface area contributed by atoms with E-state index in [1.165, 1.54) is 27.8 Å². The molecule has 116 valence electrons. The first-order valence-corrected chi connectivity index (χ1v) is 9.38. The maximum atomic E-state index is 3.23. The van der Waals surface area contributed by atoms with E-state index in [-0.39, 0.29) is 0 Å². The molecule has 2 aromatic carbocycles. The lowest BCUT2D eigenvalue weighted by Gasteiger charge is -2.12. The van der Waals surface area contributed by atoms with E-state index < -0.39 is 0 Å². The van der Waals surface area contributed by atoms with Crippen LogP contribution in [0.5, 0.6) is 0 Å². The van der Waals surface area contributed by atoms with Gasteiger partial charge >= 0.3 is 0 Å². The summed E-state index contributed by atoms with van der Waals surface area (Å²) >= 11 is 2.94. The van der Waals surface area contributed by atoms with Gasteiger partial charge in [0.2, 0.25) is 0 Å². The van der Waals surface area contributed by atoms with Crippen LogP contribution in [0.1, 0.15) is 28.7 Å². The highest BCUT2D eigenvalue weighted by atomic mass is 79.9. The minimum absolute atomic E-state index is 1.02. The average molecular weight is 358 g/mol. The van der Waals surface area contributed by atoms with E-state index in [4.69, 9.17) is 0 Å². The highest BCUT2D eigenvalue weighted by Crippen LogP contribution is 2.33. The predicted molar refractivity (Wildman–Crippen MR) is 101 cm³/mol. The summed E-state index contributed by atoms with van der Waals surface area (Å²) in [6, 6.07) is 17.7. The molecule has 0 radical (unpaired) electrons. The number of fused-ring (bicyclic) bond motifs is 2. The van der Waals surface area contributed by atoms with E-state index in [0.29, 0.717) is 0 Å². The maximum absolute atomic E-state index is 3.23. The highest BCUT2D eigenvalue weighted by Gasteiger charge is 2.16. The Morgan fingerprint density at radius 3 is 1.91 bits per heavy atom. The first kappa shape index (κ1) is 17.0. The number of hydrogen-bond acceptors (Lipinski definition) is 1. The van der Waals surface area contributed by atoms with E-state index in [1.54, 1.807) is 0 Å². The fraction of sp³-hybridized carbons (Fsp3) is 0.300. The average Bonchev–Trinajstić information content (AvgIpc) is 2.75. The van der Waals surface area contributed by atoms with Gasteiger partial charge in [-0.1, -0.05) is 70.5 Å². The van der Waals surface area contributed by atoms with E-state index in [1.807, 2.05) is 12.9 Å². The van der Waals surface area contributed by atoms with Gasteiger partial charge in [-0.05, 0) is 66.5 Å². The Bertz CT molecular complexity index is 582. The molecule has 0 saturated carbocycles. The van der Waals surface area contributed by atoms with Crippen molar-refractivity contribution in [2.45, 2.75) is 19.3 Å². The molecule has 0 bridgehead atoms. The van der Waals surface area contributed by atoms with Gasteiger partial charge in [0.25, 0.3) is 0 Å². The van der Waals surface area contributed by atoms with E-state index in [9.17, 15) is 0 Å². The Balaban J connectivity index is 0.000000847. The van der Waals surface area contributed by atoms with Crippen molar-refractivity contribution in [3.05, 3.63) is 76.9 Å². The number of alkyl halides is 1. The van der Waals surface area contributed by atoms with Crippen molar-refractivity contribution in [1.29, 1.82) is 0 Å². The van der Waals surface area contributed by atoms with E-state index in [0.717, 1.165) is 25.8 Å². The Hall–Kier alpha value is -1.38. The summed E-state index contributed by atoms with van der Waals surface area (Å²) in [7, 11) is 2.01. The Labute approximate surface area is 142 Å². The van der Waals surface area contributed by atoms with Gasteiger partial charge in [-0.3, -0.25) is 0 Å². The lowest BCUT2D eigenvalue weighted by Crippen LogP contribution is -2.06. The molecule has 0 unspecified atom stereocenters. The van der Waals surface area contributed by atoms with Crippen molar-refractivity contribution in [3.63, 3.8) is 0 Å². The minimum Gasteiger partial charge on any atom is -0.319 e. The van der Waals surface area contributed by atoms with Gasteiger partial charge in [-0.15, -0.1) is 0 Å². The summed E-state index contributed by atoms with van der Waals surface area (Å²) in [5.74, 6) is 1.81. The number of nitrogens with one attached hydrogen (secondary N) is 1. The topological polar surface area (TPSA) is 12.0 Å². The van der Waals surface area contributed by atoms with Crippen LogP contribution >= 0.6 is 15.9 Å². The van der Waals surface area contributed by atoms with Gasteiger partial charge < -0.3 is 5.32 Å². The third kappa shape index (κ3) is 3.88. The van der Waals surface area contributed by atoms with Gasteiger partial charge in [-0.2, -0.15) is 0 Å². The second-order valence-corrected chi connectivity index (χ2v) is 5.32. The van der Waals surface area contributed by atoms with Crippen molar-refractivity contribution in [2.75, 3.05) is 19.4 Å². The molecule has 0 fully saturated rings. The first-order valence-electron chi connectivity index (χ1n) is 7.79. The molecule has 0 heterocycles. The molecule has 0 spiro atoms. The largest absolute Gasteiger partial charge is 0.319 e. The smallest absolute Gasteiger partial charge is 0.00169 e. The number of halogens is 1. The van der Waals surface area contributed by atoms with E-state index in [2.05, 4.69) is 75.9 Å². The molecule has 1 aliphatic carbocycles. The molecule has 0 aliphatic heterocycles. The van der Waals surface area contributed by atoms with Gasteiger partial charge in [0, 0.05) is 0 Å². The van der Waals surface area contributed by atoms with Gasteiger partial charge in [-0.25, -0.2) is 0 Å². The molecule has 0 amide bonds. The number of aryl methyl sites for hydroxylation is 2. The molecule has 0 aromatic heterocycles. The van der Waals surface area contributed by atoms with Gasteiger partial charge in [0.05, 0.1) is 0 Å². The Morgan fingerprint density at radius 2 is 1.41 bits per heavy atom. The molecule has 0 atom stereocenters. The zero-order valence-corrected chi connectivity index (χ0v) is 15.0. The summed E-state index contributed by atoms with van der Waals surface area (Å²) in [4.78, 5) is 0. The van der Waals surface area contributed by atoms with Crippen LogP contribution in [0, 0.1) is 0 Å². The standard InChI is InChI=1S/C19H21N.CH3Br/c1-20-14-6-11-19-17-9-4-2-7-15(17)12-13-16-8-3-5-10-18(16)19;1-2/h2-5,7-11,20H,6,12-14H2,1H3;1H3. The normalized spacial score (nSPS) is 12.4. The molecule has 2 aromatic rings. The molecule has 1 nitrogen and oxygen atoms in total. The first-order chi connectivity index (χ1) is 10.9. The van der Waals surface area contributed by atoms with Crippen molar-refractivity contribution >= 4 is 21.5 Å². The molecular weight excluding hydrogens is 334 g/mol. The molecule has 2 heteroatoms. The molecule has 1 aliphatic rings. The number of benzene rings is 2. The zero-order chi connectivity index (χ0) is 15.8. The van der Waals surface area contributed by atoms with Gasteiger partial charge in [0.15, 0.2) is 0 Å². The summed E-state index contributed by atoms with van der Waals surface area (Å²) in [5.41, 5.74) is 7.17. The van der Waals surface area contributed by atoms with Crippen molar-refractivity contribution in [3.8, 4) is 0 Å². The maximum Gasteiger partial charge on any atom is -0.00169 e. The molecule has 1 N–H and O–H groups in total. The van der Waals surface area contributed by atoms with Crippen LogP contribution in [0.4, 0.5) is 0 Å². The van der Waals surface area contributed by atoms with Crippen molar-refractivity contribution < 1.29 is 0 Å². The molecular formula is C20H24BrN. The van der Waals surface area contributed by atoms with Crippen LogP contribution in [-0.2, 0) is 12.8 Å². The monoisotopic (exact) mass is 357 g/mol. The SMILES string of the molecule is CBr.CNCCC=C1c2ccccc2CCc2ccccc21. The van der Waals surface area contributed by atoms with Crippen molar-refractivity contribution in [1.82, 2.24) is 5.32 Å². The van der Waals surface area contributed by atoms with Crippen LogP contribution in [-0.4, -0.2) is 19.4 Å². The van der Waals surface area contributed by atoms with Crippen LogP contribution < -0.4 is 5.32 Å². The lowest BCUT2D eigenvalue weighted by atomic mass is 9.93. The zero-order valence-electron chi connectivity index (χ0n) is 13.4. The second kappa shape index (κ2) is 8.92. The number of rotatable bonds is 3. The van der Waals surface area contributed by atoms with Crippen LogP contribution in [0.25, 0.3) is 5.57 Å². The highest BCUT2D eigenvalue weighted by molar-refractivity contribution is 9.08. The quantitative estimate of drug-likeness (QED) is 0.612. The minimum atomic E-state index is 1.02. The number of hydrogen-bond donors (Lipinski definition) is 1. The molecule has 0 saturated heterocycles. The summed E-state index contributed by atoms with van der Waals surface area (Å²) < 4.78 is 0.